The fraction of sp³-hybridized carbons (Fsp3) is 0.938. The van der Waals surface area contributed by atoms with Gasteiger partial charge in [-0.1, -0.05) is 27.2 Å². The van der Waals surface area contributed by atoms with Crippen LogP contribution in [0.25, 0.3) is 0 Å². The largest absolute Gasteiger partial charge is 0.375 e. The number of nitrogens with zero attached hydrogens (tertiary/aromatic N) is 1. The Morgan fingerprint density at radius 1 is 1.26 bits per heavy atom. The third-order valence-electron chi connectivity index (χ3n) is 4.61. The molecule has 2 saturated carbocycles. The first kappa shape index (κ1) is 14.8. The summed E-state index contributed by atoms with van der Waals surface area (Å²) in [6, 6.07) is 2.77. The van der Waals surface area contributed by atoms with Crippen molar-refractivity contribution < 1.29 is 4.74 Å². The predicted molar refractivity (Wildman–Crippen MR) is 76.6 cm³/mol. The SMILES string of the molecule is CC1CCC(C(C)C)C(OCC(C#N)NC2CC2)C1. The summed E-state index contributed by atoms with van der Waals surface area (Å²) in [5.74, 6) is 2.10. The van der Waals surface area contributed by atoms with Crippen LogP contribution in [-0.2, 0) is 4.74 Å². The van der Waals surface area contributed by atoms with Gasteiger partial charge in [0.2, 0.25) is 0 Å². The molecule has 2 rings (SSSR count). The highest BCUT2D eigenvalue weighted by molar-refractivity contribution is 4.96. The van der Waals surface area contributed by atoms with Crippen LogP contribution >= 0.6 is 0 Å². The van der Waals surface area contributed by atoms with Gasteiger partial charge in [-0.15, -0.1) is 0 Å². The monoisotopic (exact) mass is 264 g/mol. The molecule has 108 valence electrons. The molecule has 0 aliphatic heterocycles. The van der Waals surface area contributed by atoms with E-state index in [2.05, 4.69) is 32.2 Å². The molecule has 3 heteroatoms. The summed E-state index contributed by atoms with van der Waals surface area (Å²) < 4.78 is 6.12. The maximum Gasteiger partial charge on any atom is 0.119 e. The van der Waals surface area contributed by atoms with Crippen molar-refractivity contribution in [1.82, 2.24) is 5.32 Å². The van der Waals surface area contributed by atoms with Crippen molar-refractivity contribution >= 4 is 0 Å². The van der Waals surface area contributed by atoms with E-state index in [-0.39, 0.29) is 6.04 Å². The van der Waals surface area contributed by atoms with E-state index in [0.717, 1.165) is 12.3 Å². The molecule has 4 unspecified atom stereocenters. The molecule has 0 radical (unpaired) electrons. The Morgan fingerprint density at radius 2 is 2.00 bits per heavy atom. The number of nitriles is 1. The lowest BCUT2D eigenvalue weighted by Gasteiger charge is -2.37. The summed E-state index contributed by atoms with van der Waals surface area (Å²) in [4.78, 5) is 0. The smallest absolute Gasteiger partial charge is 0.119 e. The summed E-state index contributed by atoms with van der Waals surface area (Å²) in [7, 11) is 0. The van der Waals surface area contributed by atoms with E-state index in [1.54, 1.807) is 0 Å². The van der Waals surface area contributed by atoms with E-state index < -0.39 is 0 Å². The van der Waals surface area contributed by atoms with Gasteiger partial charge in [0.1, 0.15) is 6.04 Å². The molecule has 0 aromatic carbocycles. The number of hydrogen-bond acceptors (Lipinski definition) is 3. The standard InChI is InChI=1S/C16H28N2O/c1-11(2)15-7-4-12(3)8-16(15)19-10-14(9-17)18-13-5-6-13/h11-16,18H,4-8,10H2,1-3H3. The van der Waals surface area contributed by atoms with Gasteiger partial charge in [-0.3, -0.25) is 5.32 Å². The van der Waals surface area contributed by atoms with Crippen molar-refractivity contribution in [2.24, 2.45) is 17.8 Å². The lowest BCUT2D eigenvalue weighted by molar-refractivity contribution is -0.0417. The van der Waals surface area contributed by atoms with Gasteiger partial charge in [0.15, 0.2) is 0 Å². The normalized spacial score (nSPS) is 33.1. The minimum absolute atomic E-state index is 0.127. The molecule has 0 aromatic rings. The first-order valence-corrected chi connectivity index (χ1v) is 7.87. The van der Waals surface area contributed by atoms with Gasteiger partial charge >= 0.3 is 0 Å². The average Bonchev–Trinajstić information content (AvgIpc) is 3.18. The minimum Gasteiger partial charge on any atom is -0.375 e. The summed E-state index contributed by atoms with van der Waals surface area (Å²) in [6.45, 7) is 7.45. The van der Waals surface area contributed by atoms with Crippen molar-refractivity contribution in [3.63, 3.8) is 0 Å². The van der Waals surface area contributed by atoms with Crippen molar-refractivity contribution in [1.29, 1.82) is 5.26 Å². The summed E-state index contributed by atoms with van der Waals surface area (Å²) in [5, 5.41) is 12.5. The lowest BCUT2D eigenvalue weighted by atomic mass is 9.75. The summed E-state index contributed by atoms with van der Waals surface area (Å²) >= 11 is 0. The Morgan fingerprint density at radius 3 is 2.58 bits per heavy atom. The van der Waals surface area contributed by atoms with Crippen molar-refractivity contribution in [3.8, 4) is 6.07 Å². The molecule has 2 fully saturated rings. The summed E-state index contributed by atoms with van der Waals surface area (Å²) in [5.41, 5.74) is 0. The first-order chi connectivity index (χ1) is 9.10. The van der Waals surface area contributed by atoms with E-state index >= 15 is 0 Å². The average molecular weight is 264 g/mol. The van der Waals surface area contributed by atoms with Crippen LogP contribution in [0, 0.1) is 29.1 Å². The number of rotatable bonds is 6. The van der Waals surface area contributed by atoms with Crippen molar-refractivity contribution in [2.45, 2.75) is 71.1 Å². The highest BCUT2D eigenvalue weighted by Crippen LogP contribution is 2.35. The van der Waals surface area contributed by atoms with E-state index in [4.69, 9.17) is 10.00 Å². The van der Waals surface area contributed by atoms with Gasteiger partial charge in [0.25, 0.3) is 0 Å². The number of hydrogen-bond donors (Lipinski definition) is 1. The van der Waals surface area contributed by atoms with Gasteiger partial charge in [0.05, 0.1) is 18.8 Å². The molecule has 1 N–H and O–H groups in total. The second-order valence-corrected chi connectivity index (χ2v) is 6.82. The van der Waals surface area contributed by atoms with Crippen LogP contribution in [0.3, 0.4) is 0 Å². The van der Waals surface area contributed by atoms with E-state index in [1.807, 2.05) is 0 Å². The van der Waals surface area contributed by atoms with Gasteiger partial charge in [-0.2, -0.15) is 5.26 Å². The third kappa shape index (κ3) is 4.47. The fourth-order valence-electron chi connectivity index (χ4n) is 3.18. The second kappa shape index (κ2) is 6.72. The Bertz CT molecular complexity index is 319. The van der Waals surface area contributed by atoms with Gasteiger partial charge in [-0.25, -0.2) is 0 Å². The zero-order chi connectivity index (χ0) is 13.8. The van der Waals surface area contributed by atoms with E-state index in [0.29, 0.717) is 30.6 Å². The molecular weight excluding hydrogens is 236 g/mol. The molecule has 0 aromatic heterocycles. The molecule has 2 aliphatic rings. The van der Waals surface area contributed by atoms with Crippen LogP contribution in [0.15, 0.2) is 0 Å². The van der Waals surface area contributed by atoms with Crippen molar-refractivity contribution in [3.05, 3.63) is 0 Å². The first-order valence-electron chi connectivity index (χ1n) is 7.87. The van der Waals surface area contributed by atoms with Gasteiger partial charge < -0.3 is 4.74 Å². The lowest BCUT2D eigenvalue weighted by Crippen LogP contribution is -2.39. The predicted octanol–water partition coefficient (Wildman–Crippen LogP) is 3.11. The van der Waals surface area contributed by atoms with Crippen LogP contribution in [0.4, 0.5) is 0 Å². The molecule has 0 amide bonds. The zero-order valence-electron chi connectivity index (χ0n) is 12.6. The molecule has 0 saturated heterocycles. The molecular formula is C16H28N2O. The molecule has 0 heterocycles. The number of nitrogens with one attached hydrogen (secondary N) is 1. The van der Waals surface area contributed by atoms with Gasteiger partial charge in [0, 0.05) is 6.04 Å². The maximum absolute atomic E-state index is 9.17. The zero-order valence-corrected chi connectivity index (χ0v) is 12.6. The Kier molecular flexibility index (Phi) is 5.24. The second-order valence-electron chi connectivity index (χ2n) is 6.82. The van der Waals surface area contributed by atoms with E-state index in [1.165, 1.54) is 25.7 Å². The molecule has 3 nitrogen and oxygen atoms in total. The van der Waals surface area contributed by atoms with Crippen LogP contribution in [-0.4, -0.2) is 24.8 Å². The maximum atomic E-state index is 9.17. The minimum atomic E-state index is -0.127. The highest BCUT2D eigenvalue weighted by Gasteiger charge is 2.32. The van der Waals surface area contributed by atoms with Crippen LogP contribution in [0.1, 0.15) is 52.9 Å². The Labute approximate surface area is 117 Å². The van der Waals surface area contributed by atoms with E-state index in [9.17, 15) is 0 Å². The number of ether oxygens (including phenoxy) is 1. The molecule has 0 bridgehead atoms. The topological polar surface area (TPSA) is 45.0 Å². The molecule has 4 atom stereocenters. The van der Waals surface area contributed by atoms with Crippen LogP contribution in [0.5, 0.6) is 0 Å². The van der Waals surface area contributed by atoms with Crippen LogP contribution < -0.4 is 5.32 Å². The van der Waals surface area contributed by atoms with Crippen molar-refractivity contribution in [2.75, 3.05) is 6.61 Å². The molecule has 19 heavy (non-hydrogen) atoms. The third-order valence-corrected chi connectivity index (χ3v) is 4.61. The Balaban J connectivity index is 1.82. The van der Waals surface area contributed by atoms with Crippen LogP contribution in [0.2, 0.25) is 0 Å². The molecule has 0 spiro atoms. The molecule has 2 aliphatic carbocycles. The van der Waals surface area contributed by atoms with Gasteiger partial charge in [-0.05, 0) is 43.4 Å². The fourth-order valence-corrected chi connectivity index (χ4v) is 3.18. The highest BCUT2D eigenvalue weighted by atomic mass is 16.5. The quantitative estimate of drug-likeness (QED) is 0.801. The Hall–Kier alpha value is -0.590. The summed E-state index contributed by atoms with van der Waals surface area (Å²) in [6.07, 6.45) is 6.53.